The highest BCUT2D eigenvalue weighted by molar-refractivity contribution is 9.10. The highest BCUT2D eigenvalue weighted by atomic mass is 79.9. The summed E-state index contributed by atoms with van der Waals surface area (Å²) >= 11 is 10.5. The van der Waals surface area contributed by atoms with Crippen LogP contribution in [0.1, 0.15) is 49.6 Å². The Bertz CT molecular complexity index is 2060. The number of aliphatic imine (C=N–C) groups is 1. The minimum Gasteiger partial charge on any atom is -0.493 e. The van der Waals surface area contributed by atoms with Gasteiger partial charge in [-0.1, -0.05) is 47.5 Å². The van der Waals surface area contributed by atoms with Gasteiger partial charge in [-0.3, -0.25) is 0 Å². The Morgan fingerprint density at radius 2 is 1.69 bits per heavy atom. The Hall–Kier alpha value is -3.69. The standard InChI is InChI=1S/C37H39BrN5O3PS/c1-6-28-12-10-11-21-41(28)47(48)35-34(31-22-24(2)42(25(31)3)29-18-16-27(38)17-19-29)40-43(30-13-8-7-9-14-30)36(35)39-37(46-47)26-15-20-32(44-4)33(23-26)45-5/h7-9,13-20,22-23,28H,6,10-12,21H2,1-5H3. The quantitative estimate of drug-likeness (QED) is 0.148. The summed E-state index contributed by atoms with van der Waals surface area (Å²) in [6, 6.07) is 26.8. The third-order valence-electron chi connectivity index (χ3n) is 9.34. The van der Waals surface area contributed by atoms with Gasteiger partial charge in [0.05, 0.1) is 19.9 Å². The number of aromatic nitrogens is 3. The summed E-state index contributed by atoms with van der Waals surface area (Å²) in [7, 11) is 3.27. The van der Waals surface area contributed by atoms with Crippen LogP contribution in [-0.4, -0.2) is 51.7 Å². The number of benzene rings is 3. The molecule has 2 atom stereocenters. The van der Waals surface area contributed by atoms with Crippen LogP contribution in [0.5, 0.6) is 11.5 Å². The van der Waals surface area contributed by atoms with Gasteiger partial charge in [0, 0.05) is 45.3 Å². The number of methoxy groups -OCH3 is 2. The zero-order chi connectivity index (χ0) is 33.6. The normalized spacial score (nSPS) is 19.4. The van der Waals surface area contributed by atoms with Gasteiger partial charge in [0.1, 0.15) is 11.0 Å². The fourth-order valence-electron chi connectivity index (χ4n) is 6.98. The predicted octanol–water partition coefficient (Wildman–Crippen LogP) is 9.03. The van der Waals surface area contributed by atoms with Crippen molar-refractivity contribution < 1.29 is 14.0 Å². The first kappa shape index (κ1) is 32.8. The number of hydrogen-bond acceptors (Lipinski definition) is 6. The third kappa shape index (κ3) is 5.62. The van der Waals surface area contributed by atoms with Gasteiger partial charge < -0.3 is 18.6 Å². The SMILES string of the molecule is CCC1CCCCN1P1(=S)OC(c2ccc(OC)c(OC)c2)=Nc2c1c(-c1cc(C)n(-c3ccc(Br)cc3)c1C)nn2-c1ccccc1. The van der Waals surface area contributed by atoms with Gasteiger partial charge in [0.2, 0.25) is 12.3 Å². The molecule has 11 heteroatoms. The van der Waals surface area contributed by atoms with Crippen LogP contribution >= 0.6 is 22.3 Å². The van der Waals surface area contributed by atoms with Crippen LogP contribution in [0.15, 0.2) is 88.3 Å². The Kier molecular flexibility index (Phi) is 9.11. The molecule has 2 aromatic heterocycles. The first-order chi connectivity index (χ1) is 23.3. The van der Waals surface area contributed by atoms with Crippen LogP contribution < -0.4 is 14.8 Å². The Morgan fingerprint density at radius 3 is 2.40 bits per heavy atom. The van der Waals surface area contributed by atoms with E-state index in [2.05, 4.69) is 88.4 Å². The fourth-order valence-corrected chi connectivity index (χ4v) is 11.4. The number of para-hydroxylation sites is 1. The van der Waals surface area contributed by atoms with Gasteiger partial charge in [-0.15, -0.1) is 0 Å². The first-order valence-electron chi connectivity index (χ1n) is 16.3. The third-order valence-corrected chi connectivity index (χ3v) is 13.9. The largest absolute Gasteiger partial charge is 0.493 e. The lowest BCUT2D eigenvalue weighted by Gasteiger charge is -2.43. The minimum absolute atomic E-state index is 0.297. The molecule has 248 valence electrons. The van der Waals surface area contributed by atoms with Gasteiger partial charge in [-0.05, 0) is 106 Å². The summed E-state index contributed by atoms with van der Waals surface area (Å²) in [5.74, 6) is 2.42. The van der Waals surface area contributed by atoms with Gasteiger partial charge in [-0.2, -0.15) is 10.1 Å². The molecule has 0 aliphatic carbocycles. The lowest BCUT2D eigenvalue weighted by Crippen LogP contribution is -2.41. The topological polar surface area (TPSA) is 66.0 Å². The van der Waals surface area contributed by atoms with Gasteiger partial charge in [-0.25, -0.2) is 9.35 Å². The number of halogens is 1. The van der Waals surface area contributed by atoms with E-state index in [1.54, 1.807) is 14.2 Å². The van der Waals surface area contributed by atoms with Crippen LogP contribution in [0.4, 0.5) is 5.82 Å². The highest BCUT2D eigenvalue weighted by Gasteiger charge is 2.46. The number of ether oxygens (including phenoxy) is 2. The summed E-state index contributed by atoms with van der Waals surface area (Å²) in [4.78, 5) is 5.26. The summed E-state index contributed by atoms with van der Waals surface area (Å²) in [6.07, 6.45) is 1.35. The van der Waals surface area contributed by atoms with Crippen molar-refractivity contribution >= 4 is 51.2 Å². The Balaban J connectivity index is 1.52. The van der Waals surface area contributed by atoms with Crippen molar-refractivity contribution in [1.82, 2.24) is 19.0 Å². The Labute approximate surface area is 295 Å². The average molecular weight is 745 g/mol. The van der Waals surface area contributed by atoms with E-state index < -0.39 is 6.42 Å². The lowest BCUT2D eigenvalue weighted by atomic mass is 10.0. The van der Waals surface area contributed by atoms with E-state index in [4.69, 9.17) is 35.9 Å². The molecule has 2 aliphatic heterocycles. The van der Waals surface area contributed by atoms with E-state index >= 15 is 0 Å². The molecule has 1 fully saturated rings. The minimum atomic E-state index is -2.96. The second-order valence-electron chi connectivity index (χ2n) is 12.2. The molecule has 0 amide bonds. The van der Waals surface area contributed by atoms with Crippen molar-refractivity contribution in [2.45, 2.75) is 52.5 Å². The van der Waals surface area contributed by atoms with Gasteiger partial charge in [0.25, 0.3) is 0 Å². The molecule has 3 aromatic carbocycles. The molecule has 0 spiro atoms. The molecule has 5 aromatic rings. The first-order valence-corrected chi connectivity index (χ1v) is 19.8. The molecule has 0 saturated carbocycles. The molecule has 0 N–H and O–H groups in total. The van der Waals surface area contributed by atoms with Crippen molar-refractivity contribution in [1.29, 1.82) is 0 Å². The molecule has 8 nitrogen and oxygen atoms in total. The van der Waals surface area contributed by atoms with Crippen molar-refractivity contribution in [3.63, 3.8) is 0 Å². The average Bonchev–Trinajstić information content (AvgIpc) is 3.65. The lowest BCUT2D eigenvalue weighted by molar-refractivity contribution is 0.245. The summed E-state index contributed by atoms with van der Waals surface area (Å²) < 4.78 is 26.1. The molecule has 0 radical (unpaired) electrons. The van der Waals surface area contributed by atoms with E-state index in [1.165, 1.54) is 6.42 Å². The highest BCUT2D eigenvalue weighted by Crippen LogP contribution is 2.60. The summed E-state index contributed by atoms with van der Waals surface area (Å²) in [6.45, 7) is 7.40. The summed E-state index contributed by atoms with van der Waals surface area (Å²) in [5.41, 5.74) is 6.80. The summed E-state index contributed by atoms with van der Waals surface area (Å²) in [5, 5.41) is 6.29. The van der Waals surface area contributed by atoms with Crippen LogP contribution in [0.2, 0.25) is 0 Å². The van der Waals surface area contributed by atoms with Crippen LogP contribution in [0.3, 0.4) is 0 Å². The number of aryl methyl sites for hydroxylation is 1. The van der Waals surface area contributed by atoms with Crippen LogP contribution in [0.25, 0.3) is 22.6 Å². The molecule has 48 heavy (non-hydrogen) atoms. The zero-order valence-corrected chi connectivity index (χ0v) is 31.1. The predicted molar refractivity (Wildman–Crippen MR) is 201 cm³/mol. The second kappa shape index (κ2) is 13.3. The molecular formula is C37H39BrN5O3PS. The number of hydrogen-bond donors (Lipinski definition) is 0. The zero-order valence-electron chi connectivity index (χ0n) is 27.8. The van der Waals surface area contributed by atoms with E-state index in [-0.39, 0.29) is 0 Å². The maximum atomic E-state index is 7.16. The fraction of sp³-hybridized carbons (Fsp3) is 0.297. The maximum Gasteiger partial charge on any atom is 0.228 e. The van der Waals surface area contributed by atoms with Crippen LogP contribution in [0, 0.1) is 13.8 Å². The van der Waals surface area contributed by atoms with Gasteiger partial charge in [0.15, 0.2) is 17.3 Å². The number of rotatable bonds is 8. The van der Waals surface area contributed by atoms with E-state index in [0.29, 0.717) is 29.3 Å². The maximum absolute atomic E-state index is 7.16. The van der Waals surface area contributed by atoms with Gasteiger partial charge >= 0.3 is 0 Å². The van der Waals surface area contributed by atoms with E-state index in [1.807, 2.05) is 41.1 Å². The smallest absolute Gasteiger partial charge is 0.228 e. The molecule has 0 bridgehead atoms. The van der Waals surface area contributed by atoms with Crippen molar-refractivity contribution in [3.8, 4) is 34.1 Å². The molecule has 7 rings (SSSR count). The molecule has 2 aliphatic rings. The monoisotopic (exact) mass is 743 g/mol. The molecule has 1 saturated heterocycles. The Morgan fingerprint density at radius 1 is 0.938 bits per heavy atom. The van der Waals surface area contributed by atoms with Crippen molar-refractivity contribution in [2.24, 2.45) is 4.99 Å². The van der Waals surface area contributed by atoms with Crippen molar-refractivity contribution in [3.05, 3.63) is 100 Å². The van der Waals surface area contributed by atoms with E-state index in [9.17, 15) is 0 Å². The van der Waals surface area contributed by atoms with Crippen LogP contribution in [-0.2, 0) is 16.3 Å². The van der Waals surface area contributed by atoms with Crippen molar-refractivity contribution in [2.75, 3.05) is 20.8 Å². The van der Waals surface area contributed by atoms with E-state index in [0.717, 1.165) is 75.2 Å². The molecular weight excluding hydrogens is 705 g/mol. The number of piperidine rings is 1. The molecule has 4 heterocycles. The number of nitrogens with zero attached hydrogens (tertiary/aromatic N) is 5. The second-order valence-corrected chi connectivity index (χ2v) is 16.8. The number of fused-ring (bicyclic) bond motifs is 1. The molecule has 2 unspecified atom stereocenters.